The molecule has 0 spiro atoms. The van der Waals surface area contributed by atoms with E-state index >= 15 is 0 Å². The number of H-pyrrole nitrogens is 1. The Hall–Kier alpha value is -1.56. The summed E-state index contributed by atoms with van der Waals surface area (Å²) in [5.74, 6) is 1.60. The summed E-state index contributed by atoms with van der Waals surface area (Å²) in [5.41, 5.74) is 1.07. The van der Waals surface area contributed by atoms with E-state index in [0.29, 0.717) is 13.2 Å². The lowest BCUT2D eigenvalue weighted by Gasteiger charge is -2.22. The van der Waals surface area contributed by atoms with Gasteiger partial charge in [-0.2, -0.15) is 0 Å². The number of nitrogens with one attached hydrogen (secondary N) is 1. The van der Waals surface area contributed by atoms with Gasteiger partial charge in [0.25, 0.3) is 0 Å². The number of fused-ring (bicyclic) bond motifs is 1. The van der Waals surface area contributed by atoms with Crippen LogP contribution in [0.4, 0.5) is 0 Å². The number of hydrogen-bond donors (Lipinski definition) is 2. The molecule has 2 saturated heterocycles. The molecule has 2 aliphatic rings. The van der Waals surface area contributed by atoms with E-state index in [0.717, 1.165) is 35.7 Å². The summed E-state index contributed by atoms with van der Waals surface area (Å²) in [6.45, 7) is 7.05. The Kier molecular flexibility index (Phi) is 5.25. The molecule has 2 atom stereocenters. The van der Waals surface area contributed by atoms with Gasteiger partial charge in [-0.15, -0.1) is 0 Å². The molecule has 0 amide bonds. The SMILES string of the molecule is OC(COc1cccc2[nH]ccc12)CN1CCC(CN2CCCC2)C1. The van der Waals surface area contributed by atoms with Gasteiger partial charge in [0.2, 0.25) is 0 Å². The second-order valence-corrected chi connectivity index (χ2v) is 7.58. The van der Waals surface area contributed by atoms with Crippen molar-refractivity contribution in [2.45, 2.75) is 25.4 Å². The molecular formula is C20H29N3O2. The highest BCUT2D eigenvalue weighted by Gasteiger charge is 2.26. The van der Waals surface area contributed by atoms with Gasteiger partial charge in [0.05, 0.1) is 0 Å². The number of ether oxygens (including phenoxy) is 1. The molecule has 2 fully saturated rings. The van der Waals surface area contributed by atoms with Crippen molar-refractivity contribution in [1.29, 1.82) is 0 Å². The number of β-amino-alcohol motifs (C(OH)–C–C–N with tert-alkyl or cyclic N) is 1. The van der Waals surface area contributed by atoms with Gasteiger partial charge < -0.3 is 24.6 Å². The molecule has 0 saturated carbocycles. The zero-order valence-electron chi connectivity index (χ0n) is 14.9. The highest BCUT2D eigenvalue weighted by atomic mass is 16.5. The maximum atomic E-state index is 10.4. The largest absolute Gasteiger partial charge is 0.490 e. The molecule has 2 aliphatic heterocycles. The molecule has 3 heterocycles. The molecule has 5 nitrogen and oxygen atoms in total. The molecular weight excluding hydrogens is 314 g/mol. The lowest BCUT2D eigenvalue weighted by Crippen LogP contribution is -2.35. The van der Waals surface area contributed by atoms with Crippen LogP contribution in [0.15, 0.2) is 30.5 Å². The number of benzene rings is 1. The molecule has 2 N–H and O–H groups in total. The van der Waals surface area contributed by atoms with E-state index in [9.17, 15) is 5.11 Å². The first kappa shape index (κ1) is 16.9. The summed E-state index contributed by atoms with van der Waals surface area (Å²) in [5, 5.41) is 11.5. The standard InChI is InChI=1S/C20H29N3O2/c24-17(15-25-20-5-3-4-19-18(20)6-8-21-19)14-23-11-7-16(13-23)12-22-9-1-2-10-22/h3-6,8,16-17,21,24H,1-2,7,9-15H2. The van der Waals surface area contributed by atoms with Crippen LogP contribution in [0.5, 0.6) is 5.75 Å². The highest BCUT2D eigenvalue weighted by molar-refractivity contribution is 5.85. The average Bonchev–Trinajstić information content (AvgIpc) is 3.35. The fourth-order valence-corrected chi connectivity index (χ4v) is 4.28. The van der Waals surface area contributed by atoms with Crippen LogP contribution < -0.4 is 4.74 Å². The summed E-state index contributed by atoms with van der Waals surface area (Å²) in [7, 11) is 0. The van der Waals surface area contributed by atoms with Crippen LogP contribution in [0, 0.1) is 5.92 Å². The maximum absolute atomic E-state index is 10.4. The van der Waals surface area contributed by atoms with Crippen molar-refractivity contribution in [3.05, 3.63) is 30.5 Å². The monoisotopic (exact) mass is 343 g/mol. The summed E-state index contributed by atoms with van der Waals surface area (Å²) in [4.78, 5) is 8.18. The summed E-state index contributed by atoms with van der Waals surface area (Å²) in [6, 6.07) is 7.98. The van der Waals surface area contributed by atoms with E-state index in [2.05, 4.69) is 14.8 Å². The van der Waals surface area contributed by atoms with Gasteiger partial charge in [-0.05, 0) is 63.0 Å². The van der Waals surface area contributed by atoms with E-state index in [4.69, 9.17) is 4.74 Å². The Morgan fingerprint density at radius 1 is 1.16 bits per heavy atom. The minimum atomic E-state index is -0.445. The van der Waals surface area contributed by atoms with Crippen molar-refractivity contribution in [1.82, 2.24) is 14.8 Å². The summed E-state index contributed by atoms with van der Waals surface area (Å²) < 4.78 is 5.88. The third-order valence-corrected chi connectivity index (χ3v) is 5.54. The van der Waals surface area contributed by atoms with Crippen LogP contribution in [0.2, 0.25) is 0 Å². The smallest absolute Gasteiger partial charge is 0.128 e. The average molecular weight is 343 g/mol. The minimum absolute atomic E-state index is 0.345. The number of nitrogens with zero attached hydrogens (tertiary/aromatic N) is 2. The van der Waals surface area contributed by atoms with Crippen molar-refractivity contribution in [2.75, 3.05) is 45.9 Å². The summed E-state index contributed by atoms with van der Waals surface area (Å²) >= 11 is 0. The first-order valence-electron chi connectivity index (χ1n) is 9.59. The molecule has 25 heavy (non-hydrogen) atoms. The van der Waals surface area contributed by atoms with Gasteiger partial charge in [0.15, 0.2) is 0 Å². The number of aromatic amines is 1. The number of aliphatic hydroxyl groups excluding tert-OH is 1. The van der Waals surface area contributed by atoms with Gasteiger partial charge in [-0.1, -0.05) is 6.07 Å². The fraction of sp³-hybridized carbons (Fsp3) is 0.600. The van der Waals surface area contributed by atoms with Crippen LogP contribution in [0.1, 0.15) is 19.3 Å². The lowest BCUT2D eigenvalue weighted by molar-refractivity contribution is 0.0747. The second kappa shape index (κ2) is 7.77. The molecule has 2 unspecified atom stereocenters. The van der Waals surface area contributed by atoms with Gasteiger partial charge in [0.1, 0.15) is 18.5 Å². The van der Waals surface area contributed by atoms with Crippen molar-refractivity contribution in [3.63, 3.8) is 0 Å². The zero-order valence-corrected chi connectivity index (χ0v) is 14.9. The van der Waals surface area contributed by atoms with E-state index < -0.39 is 6.10 Å². The molecule has 4 rings (SSSR count). The predicted molar refractivity (Wildman–Crippen MR) is 100 cm³/mol. The van der Waals surface area contributed by atoms with E-state index in [1.807, 2.05) is 30.5 Å². The molecule has 0 radical (unpaired) electrons. The first-order valence-corrected chi connectivity index (χ1v) is 9.59. The molecule has 1 aromatic heterocycles. The van der Waals surface area contributed by atoms with Crippen molar-refractivity contribution < 1.29 is 9.84 Å². The topological polar surface area (TPSA) is 51.7 Å². The zero-order chi connectivity index (χ0) is 17.1. The molecule has 5 heteroatoms. The Morgan fingerprint density at radius 2 is 2.04 bits per heavy atom. The predicted octanol–water partition coefficient (Wildman–Crippen LogP) is 2.33. The van der Waals surface area contributed by atoms with Crippen LogP contribution in [0.25, 0.3) is 10.9 Å². The lowest BCUT2D eigenvalue weighted by atomic mass is 10.1. The second-order valence-electron chi connectivity index (χ2n) is 7.58. The van der Waals surface area contributed by atoms with Crippen molar-refractivity contribution >= 4 is 10.9 Å². The number of rotatable bonds is 7. The van der Waals surface area contributed by atoms with Gasteiger partial charge in [0, 0.05) is 36.7 Å². The molecule has 0 aliphatic carbocycles. The van der Waals surface area contributed by atoms with Crippen molar-refractivity contribution in [2.24, 2.45) is 5.92 Å². The normalized spacial score (nSPS) is 23.5. The van der Waals surface area contributed by atoms with E-state index in [-0.39, 0.29) is 0 Å². The Labute approximate surface area is 149 Å². The number of aromatic nitrogens is 1. The molecule has 1 aromatic carbocycles. The van der Waals surface area contributed by atoms with Crippen molar-refractivity contribution in [3.8, 4) is 5.75 Å². The van der Waals surface area contributed by atoms with Gasteiger partial charge in [-0.25, -0.2) is 0 Å². The Balaban J connectivity index is 1.22. The van der Waals surface area contributed by atoms with E-state index in [1.165, 1.54) is 38.9 Å². The van der Waals surface area contributed by atoms with E-state index in [1.54, 1.807) is 0 Å². The van der Waals surface area contributed by atoms with Crippen LogP contribution in [0.3, 0.4) is 0 Å². The van der Waals surface area contributed by atoms with Crippen LogP contribution >= 0.6 is 0 Å². The number of likely N-dealkylation sites (tertiary alicyclic amines) is 2. The van der Waals surface area contributed by atoms with Gasteiger partial charge >= 0.3 is 0 Å². The quantitative estimate of drug-likeness (QED) is 0.810. The number of hydrogen-bond acceptors (Lipinski definition) is 4. The van der Waals surface area contributed by atoms with Crippen LogP contribution in [-0.2, 0) is 0 Å². The Bertz CT molecular complexity index is 680. The summed E-state index contributed by atoms with van der Waals surface area (Å²) in [6.07, 6.45) is 5.45. The Morgan fingerprint density at radius 3 is 2.92 bits per heavy atom. The fourth-order valence-electron chi connectivity index (χ4n) is 4.28. The van der Waals surface area contributed by atoms with Gasteiger partial charge in [-0.3, -0.25) is 0 Å². The first-order chi connectivity index (χ1) is 12.3. The maximum Gasteiger partial charge on any atom is 0.128 e. The molecule has 136 valence electrons. The third-order valence-electron chi connectivity index (χ3n) is 5.54. The molecule has 0 bridgehead atoms. The number of aliphatic hydroxyl groups is 1. The van der Waals surface area contributed by atoms with Crippen LogP contribution in [-0.4, -0.2) is 71.9 Å². The highest BCUT2D eigenvalue weighted by Crippen LogP contribution is 2.25. The third kappa shape index (κ3) is 4.17. The molecule has 2 aromatic rings. The minimum Gasteiger partial charge on any atom is -0.490 e.